The fourth-order valence-corrected chi connectivity index (χ4v) is 4.65. The Morgan fingerprint density at radius 1 is 1.04 bits per heavy atom. The van der Waals surface area contributed by atoms with E-state index >= 15 is 0 Å². The molecule has 0 amide bonds. The quantitative estimate of drug-likeness (QED) is 0.832. The average molecular weight is 324 g/mol. The van der Waals surface area contributed by atoms with Gasteiger partial charge in [0.15, 0.2) is 0 Å². The average Bonchev–Trinajstić information content (AvgIpc) is 2.57. The van der Waals surface area contributed by atoms with E-state index < -0.39 is 5.60 Å². The third-order valence-corrected chi connectivity index (χ3v) is 5.72. The van der Waals surface area contributed by atoms with Gasteiger partial charge in [0.1, 0.15) is 6.04 Å². The van der Waals surface area contributed by atoms with Crippen molar-refractivity contribution in [1.29, 1.82) is 0 Å². The van der Waals surface area contributed by atoms with E-state index in [0.29, 0.717) is 0 Å². The second kappa shape index (κ2) is 6.34. The van der Waals surface area contributed by atoms with Crippen LogP contribution in [0.3, 0.4) is 0 Å². The van der Waals surface area contributed by atoms with Crippen LogP contribution in [0.5, 0.6) is 0 Å². The van der Waals surface area contributed by atoms with E-state index in [-0.39, 0.29) is 12.0 Å². The Balaban J connectivity index is 2.12. The van der Waals surface area contributed by atoms with Crippen LogP contribution in [0.2, 0.25) is 0 Å². The Morgan fingerprint density at radius 2 is 1.67 bits per heavy atom. The monoisotopic (exact) mass is 324 g/mol. The second-order valence-corrected chi connectivity index (χ2v) is 8.05. The van der Waals surface area contributed by atoms with Gasteiger partial charge in [-0.3, -0.25) is 0 Å². The zero-order valence-electron chi connectivity index (χ0n) is 15.4. The van der Waals surface area contributed by atoms with E-state index in [1.54, 1.807) is 0 Å². The molecule has 0 heterocycles. The third-order valence-electron chi connectivity index (χ3n) is 5.72. The summed E-state index contributed by atoms with van der Waals surface area (Å²) in [4.78, 5) is 0. The zero-order valence-corrected chi connectivity index (χ0v) is 15.4. The number of hydrogen-bond acceptors (Lipinski definition) is 1. The number of nitrogens with zero attached hydrogens (tertiary/aromatic N) is 1. The maximum Gasteiger partial charge on any atom is 0.120 e. The molecule has 128 valence electrons. The van der Waals surface area contributed by atoms with Crippen LogP contribution >= 0.6 is 0 Å². The lowest BCUT2D eigenvalue weighted by molar-refractivity contribution is -0.908. The molecule has 1 aliphatic rings. The molecule has 0 spiro atoms. The van der Waals surface area contributed by atoms with Crippen molar-refractivity contribution in [2.24, 2.45) is 5.92 Å². The van der Waals surface area contributed by atoms with Gasteiger partial charge in [0.2, 0.25) is 0 Å². The van der Waals surface area contributed by atoms with Gasteiger partial charge >= 0.3 is 0 Å². The summed E-state index contributed by atoms with van der Waals surface area (Å²) in [7, 11) is 6.73. The van der Waals surface area contributed by atoms with Gasteiger partial charge < -0.3 is 9.59 Å². The molecule has 0 bridgehead atoms. The summed E-state index contributed by atoms with van der Waals surface area (Å²) in [5.41, 5.74) is 3.01. The first-order valence-corrected chi connectivity index (χ1v) is 9.04. The highest BCUT2D eigenvalue weighted by atomic mass is 16.3. The number of quaternary nitrogens is 1. The molecule has 3 rings (SSSR count). The van der Waals surface area contributed by atoms with Crippen molar-refractivity contribution >= 4 is 0 Å². The third kappa shape index (κ3) is 2.89. The second-order valence-electron chi connectivity index (χ2n) is 8.05. The molecule has 2 aromatic rings. The minimum absolute atomic E-state index is 0.208. The number of benzene rings is 2. The van der Waals surface area contributed by atoms with Crippen LogP contribution < -0.4 is 0 Å². The van der Waals surface area contributed by atoms with E-state index in [2.05, 4.69) is 82.7 Å². The van der Waals surface area contributed by atoms with Crippen LogP contribution in [-0.4, -0.2) is 30.7 Å². The molecule has 24 heavy (non-hydrogen) atoms. The van der Waals surface area contributed by atoms with Gasteiger partial charge in [0.05, 0.1) is 26.7 Å². The lowest BCUT2D eigenvalue weighted by Gasteiger charge is -2.49. The minimum atomic E-state index is -0.763. The van der Waals surface area contributed by atoms with Crippen molar-refractivity contribution in [1.82, 2.24) is 0 Å². The summed E-state index contributed by atoms with van der Waals surface area (Å²) >= 11 is 0. The Hall–Kier alpha value is -1.64. The van der Waals surface area contributed by atoms with Gasteiger partial charge in [-0.25, -0.2) is 0 Å². The summed E-state index contributed by atoms with van der Waals surface area (Å²) in [5.74, 6) is 0.208. The minimum Gasteiger partial charge on any atom is -0.385 e. The molecule has 0 fully saturated rings. The van der Waals surface area contributed by atoms with Crippen LogP contribution in [0, 0.1) is 5.92 Å². The smallest absolute Gasteiger partial charge is 0.120 e. The zero-order chi connectivity index (χ0) is 17.4. The van der Waals surface area contributed by atoms with Gasteiger partial charge in [-0.05, 0) is 30.4 Å². The first kappa shape index (κ1) is 17.2. The fraction of sp³-hybridized carbons (Fsp3) is 0.455. The summed E-state index contributed by atoms with van der Waals surface area (Å²) in [6, 6.07) is 19.4. The molecule has 1 aliphatic carbocycles. The summed E-state index contributed by atoms with van der Waals surface area (Å²) in [6.07, 6.45) is 2.82. The number of rotatable bonds is 4. The Morgan fingerprint density at radius 3 is 2.29 bits per heavy atom. The van der Waals surface area contributed by atoms with Crippen molar-refractivity contribution in [3.05, 3.63) is 71.3 Å². The largest absolute Gasteiger partial charge is 0.385 e. The molecule has 0 aliphatic heterocycles. The number of aryl methyl sites for hydroxylation is 1. The van der Waals surface area contributed by atoms with Gasteiger partial charge in [-0.2, -0.15) is 0 Å². The molecule has 0 unspecified atom stereocenters. The van der Waals surface area contributed by atoms with E-state index in [1.165, 1.54) is 11.1 Å². The van der Waals surface area contributed by atoms with Crippen LogP contribution in [0.1, 0.15) is 42.5 Å². The predicted molar refractivity (Wildman–Crippen MR) is 99.7 cm³/mol. The predicted octanol–water partition coefficient (Wildman–Crippen LogP) is 4.29. The highest BCUT2D eigenvalue weighted by Gasteiger charge is 2.49. The molecule has 0 radical (unpaired) electrons. The highest BCUT2D eigenvalue weighted by Crippen LogP contribution is 2.50. The summed E-state index contributed by atoms with van der Waals surface area (Å²) < 4.78 is 0.819. The number of hydrogen-bond donors (Lipinski definition) is 1. The molecule has 2 heteroatoms. The standard InChI is InChI=1S/C22H30NO/c1-5-22(24)19-14-10-9-11-17(19)15-16-20(22)21(23(2,3)4)18-12-7-6-8-13-18/h6-14,20-21,24H,5,15-16H2,1-4H3/q+1/t20-,21-,22+/m0/s1. The first-order chi connectivity index (χ1) is 11.4. The van der Waals surface area contributed by atoms with Crippen molar-refractivity contribution in [3.63, 3.8) is 0 Å². The maximum absolute atomic E-state index is 11.8. The number of fused-ring (bicyclic) bond motifs is 1. The Labute approximate surface area is 146 Å². The molecule has 2 aromatic carbocycles. The Kier molecular flexibility index (Phi) is 4.54. The molecule has 0 saturated heterocycles. The molecule has 2 nitrogen and oxygen atoms in total. The van der Waals surface area contributed by atoms with Gasteiger partial charge in [-0.15, -0.1) is 0 Å². The maximum atomic E-state index is 11.8. The van der Waals surface area contributed by atoms with E-state index in [1.807, 2.05) is 0 Å². The van der Waals surface area contributed by atoms with E-state index in [4.69, 9.17) is 0 Å². The first-order valence-electron chi connectivity index (χ1n) is 9.04. The highest BCUT2D eigenvalue weighted by molar-refractivity contribution is 5.37. The summed E-state index contributed by atoms with van der Waals surface area (Å²) in [6.45, 7) is 2.12. The fourth-order valence-electron chi connectivity index (χ4n) is 4.65. The van der Waals surface area contributed by atoms with Crippen molar-refractivity contribution in [2.45, 2.75) is 37.8 Å². The van der Waals surface area contributed by atoms with Crippen LogP contribution in [-0.2, 0) is 12.0 Å². The van der Waals surface area contributed by atoms with Gasteiger partial charge in [0, 0.05) is 11.5 Å². The topological polar surface area (TPSA) is 20.2 Å². The lowest BCUT2D eigenvalue weighted by Crippen LogP contribution is -2.51. The van der Waals surface area contributed by atoms with Crippen molar-refractivity contribution in [3.8, 4) is 0 Å². The molecule has 0 saturated carbocycles. The van der Waals surface area contributed by atoms with Crippen molar-refractivity contribution < 1.29 is 9.59 Å². The summed E-state index contributed by atoms with van der Waals surface area (Å²) in [5, 5.41) is 11.8. The van der Waals surface area contributed by atoms with E-state index in [0.717, 1.165) is 29.3 Å². The van der Waals surface area contributed by atoms with Crippen molar-refractivity contribution in [2.75, 3.05) is 21.1 Å². The molecule has 3 atom stereocenters. The normalized spacial score (nSPS) is 25.1. The lowest BCUT2D eigenvalue weighted by atomic mass is 9.65. The molecule has 0 aromatic heterocycles. The van der Waals surface area contributed by atoms with Crippen LogP contribution in [0.4, 0.5) is 0 Å². The number of aliphatic hydroxyl groups is 1. The Bertz CT molecular complexity index is 689. The van der Waals surface area contributed by atoms with Crippen LogP contribution in [0.15, 0.2) is 54.6 Å². The molecular weight excluding hydrogens is 294 g/mol. The van der Waals surface area contributed by atoms with Crippen LogP contribution in [0.25, 0.3) is 0 Å². The molecule has 1 N–H and O–H groups in total. The SMILES string of the molecule is CC[C@@]1(O)c2ccccc2CC[C@H]1[C@H](c1ccccc1)[N+](C)(C)C. The molecular formula is C22H30NO+. The van der Waals surface area contributed by atoms with E-state index in [9.17, 15) is 5.11 Å². The van der Waals surface area contributed by atoms with Gasteiger partial charge in [0.25, 0.3) is 0 Å². The van der Waals surface area contributed by atoms with Gasteiger partial charge in [-0.1, -0.05) is 61.5 Å².